The van der Waals surface area contributed by atoms with Crippen LogP contribution in [0.25, 0.3) is 0 Å². The van der Waals surface area contributed by atoms with E-state index in [4.69, 9.17) is 10.5 Å². The van der Waals surface area contributed by atoms with Gasteiger partial charge in [0, 0.05) is 28.8 Å². The Morgan fingerprint density at radius 1 is 1.03 bits per heavy atom. The quantitative estimate of drug-likeness (QED) is 0.352. The second-order valence-corrected chi connectivity index (χ2v) is 7.76. The summed E-state index contributed by atoms with van der Waals surface area (Å²) in [6.45, 7) is 1.83. The molecule has 3 aromatic rings. The highest BCUT2D eigenvalue weighted by atomic mass is 79.9. The smallest absolute Gasteiger partial charge is 0.259 e. The molecule has 1 heterocycles. The third kappa shape index (κ3) is 5.30. The van der Waals surface area contributed by atoms with Gasteiger partial charge in [-0.3, -0.25) is 14.6 Å². The normalized spacial score (nSPS) is 11.1. The standard InChI is InChI=1S/C23H22BrN5O3/c1-13-10-17(23(31)28-19-9-8-16(24)12-27-19)20(18(11-13)32-3)29-22(30)15-6-4-14(5-7-15)21(25)26-2/h4-12H,1-3H3,(H2,25,26)(H,29,30)(H,27,28,31). The van der Waals surface area contributed by atoms with Crippen LogP contribution < -0.4 is 21.1 Å². The molecule has 0 saturated carbocycles. The van der Waals surface area contributed by atoms with Gasteiger partial charge in [-0.25, -0.2) is 4.98 Å². The van der Waals surface area contributed by atoms with Crippen LogP contribution in [-0.2, 0) is 0 Å². The van der Waals surface area contributed by atoms with E-state index in [1.165, 1.54) is 7.11 Å². The molecule has 2 aromatic carbocycles. The largest absolute Gasteiger partial charge is 0.495 e. The van der Waals surface area contributed by atoms with Gasteiger partial charge in [0.25, 0.3) is 11.8 Å². The van der Waals surface area contributed by atoms with Crippen molar-refractivity contribution in [3.05, 3.63) is 81.5 Å². The molecule has 0 saturated heterocycles. The Morgan fingerprint density at radius 2 is 1.72 bits per heavy atom. The Hall–Kier alpha value is -3.72. The van der Waals surface area contributed by atoms with Crippen LogP contribution in [-0.4, -0.2) is 36.8 Å². The fourth-order valence-corrected chi connectivity index (χ4v) is 3.20. The van der Waals surface area contributed by atoms with E-state index >= 15 is 0 Å². The first kappa shape index (κ1) is 23.0. The number of amides is 2. The van der Waals surface area contributed by atoms with Crippen LogP contribution in [0.4, 0.5) is 11.5 Å². The number of hydrogen-bond acceptors (Lipinski definition) is 5. The first-order valence-corrected chi connectivity index (χ1v) is 10.4. The van der Waals surface area contributed by atoms with Gasteiger partial charge >= 0.3 is 0 Å². The average Bonchev–Trinajstić information content (AvgIpc) is 2.80. The molecule has 4 N–H and O–H groups in total. The highest BCUT2D eigenvalue weighted by Gasteiger charge is 2.20. The monoisotopic (exact) mass is 495 g/mol. The maximum atomic E-state index is 13.0. The highest BCUT2D eigenvalue weighted by molar-refractivity contribution is 9.10. The Labute approximate surface area is 194 Å². The molecule has 9 heteroatoms. The maximum Gasteiger partial charge on any atom is 0.259 e. The molecule has 8 nitrogen and oxygen atoms in total. The van der Waals surface area contributed by atoms with E-state index in [2.05, 4.69) is 36.5 Å². The Morgan fingerprint density at radius 3 is 2.31 bits per heavy atom. The molecule has 0 aliphatic carbocycles. The summed E-state index contributed by atoms with van der Waals surface area (Å²) in [6, 6.07) is 13.5. The summed E-state index contributed by atoms with van der Waals surface area (Å²) in [5, 5.41) is 5.54. The number of pyridine rings is 1. The molecular formula is C23H22BrN5O3. The lowest BCUT2D eigenvalue weighted by Crippen LogP contribution is -2.20. The van der Waals surface area contributed by atoms with Crippen LogP contribution in [0.15, 0.2) is 64.2 Å². The van der Waals surface area contributed by atoms with Crippen molar-refractivity contribution >= 4 is 45.1 Å². The van der Waals surface area contributed by atoms with Crippen molar-refractivity contribution in [3.8, 4) is 5.75 Å². The number of nitrogens with zero attached hydrogens (tertiary/aromatic N) is 2. The van der Waals surface area contributed by atoms with Gasteiger partial charge in [0.1, 0.15) is 17.4 Å². The number of amidine groups is 1. The second-order valence-electron chi connectivity index (χ2n) is 6.85. The average molecular weight is 496 g/mol. The Kier molecular flexibility index (Phi) is 7.21. The lowest BCUT2D eigenvalue weighted by Gasteiger charge is -2.16. The Balaban J connectivity index is 1.91. The minimum absolute atomic E-state index is 0.249. The molecule has 0 radical (unpaired) electrons. The molecular weight excluding hydrogens is 474 g/mol. The van der Waals surface area contributed by atoms with Gasteiger partial charge in [0.05, 0.1) is 18.4 Å². The lowest BCUT2D eigenvalue weighted by atomic mass is 10.1. The van der Waals surface area contributed by atoms with E-state index in [0.717, 1.165) is 10.0 Å². The SMILES string of the molecule is CN=C(N)c1ccc(C(=O)Nc2c(OC)cc(C)cc2C(=O)Nc2ccc(Br)cn2)cc1. The Bertz CT molecular complexity index is 1180. The van der Waals surface area contributed by atoms with E-state index in [1.54, 1.807) is 61.8 Å². The third-order valence-electron chi connectivity index (χ3n) is 4.60. The molecule has 1 aromatic heterocycles. The predicted molar refractivity (Wildman–Crippen MR) is 129 cm³/mol. The number of carbonyl (C=O) groups is 2. The molecule has 2 amide bonds. The van der Waals surface area contributed by atoms with Crippen molar-refractivity contribution in [2.45, 2.75) is 6.92 Å². The van der Waals surface area contributed by atoms with Crippen LogP contribution in [0.2, 0.25) is 0 Å². The van der Waals surface area contributed by atoms with E-state index < -0.39 is 11.8 Å². The number of benzene rings is 2. The summed E-state index contributed by atoms with van der Waals surface area (Å²) in [7, 11) is 3.07. The van der Waals surface area contributed by atoms with Crippen LogP contribution in [0.3, 0.4) is 0 Å². The van der Waals surface area contributed by atoms with Gasteiger partial charge in [0.15, 0.2) is 0 Å². The molecule has 3 rings (SSSR count). The molecule has 0 unspecified atom stereocenters. The minimum Gasteiger partial charge on any atom is -0.495 e. The maximum absolute atomic E-state index is 13.0. The fourth-order valence-electron chi connectivity index (χ4n) is 2.96. The molecule has 0 aliphatic rings. The van der Waals surface area contributed by atoms with E-state index in [-0.39, 0.29) is 11.3 Å². The number of nitrogens with one attached hydrogen (secondary N) is 2. The number of aryl methyl sites for hydroxylation is 1. The summed E-state index contributed by atoms with van der Waals surface area (Å²) >= 11 is 3.31. The number of aliphatic imine (C=N–C) groups is 1. The first-order valence-electron chi connectivity index (χ1n) is 9.58. The number of hydrogen-bond donors (Lipinski definition) is 3. The summed E-state index contributed by atoms with van der Waals surface area (Å²) < 4.78 is 6.23. The van der Waals surface area contributed by atoms with Crippen molar-refractivity contribution in [1.82, 2.24) is 4.98 Å². The van der Waals surface area contributed by atoms with E-state index in [1.807, 2.05) is 6.92 Å². The van der Waals surface area contributed by atoms with E-state index in [9.17, 15) is 9.59 Å². The topological polar surface area (TPSA) is 119 Å². The van der Waals surface area contributed by atoms with Gasteiger partial charge in [-0.15, -0.1) is 0 Å². The molecule has 0 spiro atoms. The minimum atomic E-state index is -0.431. The number of carbonyl (C=O) groups excluding carboxylic acids is 2. The number of rotatable bonds is 6. The summed E-state index contributed by atoms with van der Waals surface area (Å²) in [4.78, 5) is 34.0. The zero-order valence-corrected chi connectivity index (χ0v) is 19.4. The number of ether oxygens (including phenoxy) is 1. The number of anilines is 2. The van der Waals surface area contributed by atoms with Crippen molar-refractivity contribution in [3.63, 3.8) is 0 Å². The summed E-state index contributed by atoms with van der Waals surface area (Å²) in [5.74, 6) is 0.284. The zero-order valence-electron chi connectivity index (χ0n) is 17.8. The number of aromatic nitrogens is 1. The number of halogens is 1. The van der Waals surface area contributed by atoms with Gasteiger partial charge < -0.3 is 21.1 Å². The number of nitrogens with two attached hydrogens (primary N) is 1. The molecule has 0 atom stereocenters. The van der Waals surface area contributed by atoms with Gasteiger partial charge in [0.2, 0.25) is 0 Å². The van der Waals surface area contributed by atoms with Crippen molar-refractivity contribution in [2.75, 3.05) is 24.8 Å². The number of methoxy groups -OCH3 is 1. The fraction of sp³-hybridized carbons (Fsp3) is 0.130. The summed E-state index contributed by atoms with van der Waals surface area (Å²) in [5.41, 5.74) is 8.21. The van der Waals surface area contributed by atoms with Crippen LogP contribution in [0, 0.1) is 6.92 Å². The van der Waals surface area contributed by atoms with Crippen LogP contribution in [0.1, 0.15) is 31.8 Å². The highest BCUT2D eigenvalue weighted by Crippen LogP contribution is 2.31. The van der Waals surface area contributed by atoms with Gasteiger partial charge in [-0.1, -0.05) is 12.1 Å². The van der Waals surface area contributed by atoms with Crippen LogP contribution in [0.5, 0.6) is 5.75 Å². The molecule has 0 fully saturated rings. The van der Waals surface area contributed by atoms with Crippen molar-refractivity contribution < 1.29 is 14.3 Å². The van der Waals surface area contributed by atoms with Gasteiger partial charge in [-0.05, 0) is 64.8 Å². The van der Waals surface area contributed by atoms with Crippen LogP contribution >= 0.6 is 15.9 Å². The molecule has 0 bridgehead atoms. The molecule has 0 aliphatic heterocycles. The van der Waals surface area contributed by atoms with Crippen molar-refractivity contribution in [2.24, 2.45) is 10.7 Å². The first-order chi connectivity index (χ1) is 15.3. The van der Waals surface area contributed by atoms with Gasteiger partial charge in [-0.2, -0.15) is 0 Å². The van der Waals surface area contributed by atoms with E-state index in [0.29, 0.717) is 28.5 Å². The second kappa shape index (κ2) is 10.1. The molecule has 32 heavy (non-hydrogen) atoms. The summed E-state index contributed by atoms with van der Waals surface area (Å²) in [6.07, 6.45) is 1.58. The zero-order chi connectivity index (χ0) is 23.3. The van der Waals surface area contributed by atoms with Crippen molar-refractivity contribution in [1.29, 1.82) is 0 Å². The predicted octanol–water partition coefficient (Wildman–Crippen LogP) is 4.00. The molecule has 164 valence electrons. The lowest BCUT2D eigenvalue weighted by molar-refractivity contribution is 0.102. The third-order valence-corrected chi connectivity index (χ3v) is 5.07.